The number of benzene rings is 2. The predicted octanol–water partition coefficient (Wildman–Crippen LogP) is 3.96. The van der Waals surface area contributed by atoms with Gasteiger partial charge in [-0.05, 0) is 35.9 Å². The average molecular weight is 261 g/mol. The Morgan fingerprint density at radius 1 is 1.22 bits per heavy atom. The highest BCUT2D eigenvalue weighted by molar-refractivity contribution is 6.30. The fraction of sp³-hybridized carbons (Fsp3) is 0.0714. The molecule has 2 aromatic carbocycles. The summed E-state index contributed by atoms with van der Waals surface area (Å²) in [5.74, 6) is -0.424. The zero-order valence-electron chi connectivity index (χ0n) is 9.45. The molecular weight excluding hydrogens is 251 g/mol. The molecule has 0 saturated heterocycles. The van der Waals surface area contributed by atoms with Crippen LogP contribution in [-0.2, 0) is 6.54 Å². The maximum absolute atomic E-state index is 13.0. The monoisotopic (exact) mass is 260 g/mol. The van der Waals surface area contributed by atoms with Crippen molar-refractivity contribution in [3.8, 4) is 6.07 Å². The van der Waals surface area contributed by atoms with Gasteiger partial charge in [-0.25, -0.2) is 4.39 Å². The van der Waals surface area contributed by atoms with E-state index in [9.17, 15) is 4.39 Å². The lowest BCUT2D eigenvalue weighted by molar-refractivity contribution is 0.627. The van der Waals surface area contributed by atoms with Crippen molar-refractivity contribution in [2.45, 2.75) is 6.54 Å². The van der Waals surface area contributed by atoms with E-state index in [0.717, 1.165) is 11.3 Å². The van der Waals surface area contributed by atoms with Crippen LogP contribution >= 0.6 is 11.6 Å². The van der Waals surface area contributed by atoms with E-state index in [4.69, 9.17) is 16.9 Å². The molecule has 0 spiro atoms. The molecule has 0 bridgehead atoms. The molecule has 90 valence electrons. The lowest BCUT2D eigenvalue weighted by atomic mass is 10.2. The minimum absolute atomic E-state index is 0.111. The van der Waals surface area contributed by atoms with Gasteiger partial charge >= 0.3 is 0 Å². The summed E-state index contributed by atoms with van der Waals surface area (Å²) in [6.07, 6.45) is 0. The number of nitrogens with zero attached hydrogens (tertiary/aromatic N) is 1. The summed E-state index contributed by atoms with van der Waals surface area (Å²) in [6.45, 7) is 0.523. The Morgan fingerprint density at radius 3 is 2.78 bits per heavy atom. The second-order valence-corrected chi connectivity index (χ2v) is 4.20. The van der Waals surface area contributed by atoms with E-state index in [1.165, 1.54) is 6.07 Å². The SMILES string of the molecule is N#Cc1cccc(NCc2ccc(F)c(Cl)c2)c1. The van der Waals surface area contributed by atoms with Gasteiger partial charge in [-0.15, -0.1) is 0 Å². The lowest BCUT2D eigenvalue weighted by Gasteiger charge is -2.07. The first-order chi connectivity index (χ1) is 8.69. The Balaban J connectivity index is 2.07. The third-order valence-electron chi connectivity index (χ3n) is 2.47. The number of nitrogens with one attached hydrogen (secondary N) is 1. The molecule has 0 amide bonds. The standard InChI is InChI=1S/C14H10ClFN2/c15-13-7-11(4-5-14(13)16)9-18-12-3-1-2-10(6-12)8-17/h1-7,18H,9H2. The van der Waals surface area contributed by atoms with Crippen molar-refractivity contribution < 1.29 is 4.39 Å². The van der Waals surface area contributed by atoms with Crippen molar-refractivity contribution in [3.05, 3.63) is 64.4 Å². The fourth-order valence-corrected chi connectivity index (χ4v) is 1.76. The van der Waals surface area contributed by atoms with Crippen LogP contribution in [0.4, 0.5) is 10.1 Å². The van der Waals surface area contributed by atoms with E-state index in [1.54, 1.807) is 30.3 Å². The summed E-state index contributed by atoms with van der Waals surface area (Å²) in [6, 6.07) is 13.8. The predicted molar refractivity (Wildman–Crippen MR) is 69.9 cm³/mol. The van der Waals surface area contributed by atoms with Crippen LogP contribution in [0.25, 0.3) is 0 Å². The summed E-state index contributed by atoms with van der Waals surface area (Å²) in [7, 11) is 0. The number of rotatable bonds is 3. The van der Waals surface area contributed by atoms with Crippen LogP contribution in [0, 0.1) is 17.1 Å². The van der Waals surface area contributed by atoms with Gasteiger partial charge in [0.1, 0.15) is 5.82 Å². The highest BCUT2D eigenvalue weighted by Gasteiger charge is 2.01. The molecule has 0 aliphatic heterocycles. The molecular formula is C14H10ClFN2. The topological polar surface area (TPSA) is 35.8 Å². The van der Waals surface area contributed by atoms with Gasteiger partial charge in [0.25, 0.3) is 0 Å². The fourth-order valence-electron chi connectivity index (χ4n) is 1.55. The second kappa shape index (κ2) is 5.52. The molecule has 0 heterocycles. The number of anilines is 1. The van der Waals surface area contributed by atoms with Gasteiger partial charge in [-0.2, -0.15) is 5.26 Å². The smallest absolute Gasteiger partial charge is 0.141 e. The zero-order chi connectivity index (χ0) is 13.0. The van der Waals surface area contributed by atoms with Gasteiger partial charge in [0.2, 0.25) is 0 Å². The van der Waals surface area contributed by atoms with Gasteiger partial charge in [-0.3, -0.25) is 0 Å². The Bertz CT molecular complexity index is 605. The highest BCUT2D eigenvalue weighted by atomic mass is 35.5. The Morgan fingerprint density at radius 2 is 2.06 bits per heavy atom. The van der Waals surface area contributed by atoms with Gasteiger partial charge in [0.05, 0.1) is 16.7 Å². The molecule has 2 aromatic rings. The molecule has 0 aliphatic rings. The minimum atomic E-state index is -0.424. The van der Waals surface area contributed by atoms with E-state index in [2.05, 4.69) is 11.4 Å². The lowest BCUT2D eigenvalue weighted by Crippen LogP contribution is -1.99. The molecule has 1 N–H and O–H groups in total. The first-order valence-electron chi connectivity index (χ1n) is 5.37. The van der Waals surface area contributed by atoms with E-state index in [1.807, 2.05) is 6.07 Å². The molecule has 0 aliphatic carbocycles. The van der Waals surface area contributed by atoms with Crippen LogP contribution in [-0.4, -0.2) is 0 Å². The average Bonchev–Trinajstić information content (AvgIpc) is 2.40. The first-order valence-corrected chi connectivity index (χ1v) is 5.75. The van der Waals surface area contributed by atoms with Crippen molar-refractivity contribution in [2.75, 3.05) is 5.32 Å². The van der Waals surface area contributed by atoms with Gasteiger partial charge in [0, 0.05) is 12.2 Å². The zero-order valence-corrected chi connectivity index (χ0v) is 10.2. The third-order valence-corrected chi connectivity index (χ3v) is 2.76. The van der Waals surface area contributed by atoms with Crippen LogP contribution in [0.1, 0.15) is 11.1 Å². The maximum Gasteiger partial charge on any atom is 0.141 e. The van der Waals surface area contributed by atoms with Crippen molar-refractivity contribution in [1.82, 2.24) is 0 Å². The second-order valence-electron chi connectivity index (χ2n) is 3.79. The highest BCUT2D eigenvalue weighted by Crippen LogP contribution is 2.17. The van der Waals surface area contributed by atoms with E-state index in [-0.39, 0.29) is 5.02 Å². The molecule has 0 radical (unpaired) electrons. The van der Waals surface area contributed by atoms with Crippen molar-refractivity contribution in [3.63, 3.8) is 0 Å². The minimum Gasteiger partial charge on any atom is -0.381 e. The Hall–Kier alpha value is -2.05. The molecule has 18 heavy (non-hydrogen) atoms. The molecule has 0 aromatic heterocycles. The normalized spacial score (nSPS) is 9.83. The summed E-state index contributed by atoms with van der Waals surface area (Å²) in [5.41, 5.74) is 2.32. The molecule has 0 fully saturated rings. The van der Waals surface area contributed by atoms with Crippen LogP contribution in [0.3, 0.4) is 0 Å². The van der Waals surface area contributed by atoms with Crippen molar-refractivity contribution >= 4 is 17.3 Å². The maximum atomic E-state index is 13.0. The Kier molecular flexibility index (Phi) is 3.81. The van der Waals surface area contributed by atoms with Crippen LogP contribution in [0.5, 0.6) is 0 Å². The van der Waals surface area contributed by atoms with Crippen LogP contribution in [0.2, 0.25) is 5.02 Å². The first kappa shape index (κ1) is 12.4. The Labute approximate surface area is 110 Å². The van der Waals surface area contributed by atoms with E-state index >= 15 is 0 Å². The van der Waals surface area contributed by atoms with E-state index < -0.39 is 5.82 Å². The molecule has 4 heteroatoms. The number of hydrogen-bond acceptors (Lipinski definition) is 2. The van der Waals surface area contributed by atoms with Crippen LogP contribution in [0.15, 0.2) is 42.5 Å². The molecule has 2 rings (SSSR count). The summed E-state index contributed by atoms with van der Waals surface area (Å²) >= 11 is 5.70. The van der Waals surface area contributed by atoms with Gasteiger partial charge < -0.3 is 5.32 Å². The number of hydrogen-bond donors (Lipinski definition) is 1. The quantitative estimate of drug-likeness (QED) is 0.907. The molecule has 0 atom stereocenters. The summed E-state index contributed by atoms with van der Waals surface area (Å²) in [4.78, 5) is 0. The molecule has 2 nitrogen and oxygen atoms in total. The van der Waals surface area contributed by atoms with Crippen molar-refractivity contribution in [2.24, 2.45) is 0 Å². The summed E-state index contributed by atoms with van der Waals surface area (Å²) < 4.78 is 13.0. The molecule has 0 saturated carbocycles. The van der Waals surface area contributed by atoms with E-state index in [0.29, 0.717) is 12.1 Å². The number of nitriles is 1. The van der Waals surface area contributed by atoms with Crippen molar-refractivity contribution in [1.29, 1.82) is 5.26 Å². The van der Waals surface area contributed by atoms with Gasteiger partial charge in [-0.1, -0.05) is 23.7 Å². The number of halogens is 2. The third kappa shape index (κ3) is 2.99. The van der Waals surface area contributed by atoms with Crippen LogP contribution < -0.4 is 5.32 Å². The summed E-state index contributed by atoms with van der Waals surface area (Å²) in [5, 5.41) is 12.0. The largest absolute Gasteiger partial charge is 0.381 e. The van der Waals surface area contributed by atoms with Gasteiger partial charge in [0.15, 0.2) is 0 Å². The molecule has 0 unspecified atom stereocenters.